The SMILES string of the molecule is Cc1ccc(Sc2ccc(S(=O)(=O)N[C@@H](C(=O)O)C(C)C)cc2)cc1. The van der Waals surface area contributed by atoms with E-state index in [1.165, 1.54) is 29.5 Å². The van der Waals surface area contributed by atoms with Crippen LogP contribution in [0.5, 0.6) is 0 Å². The van der Waals surface area contributed by atoms with Crippen LogP contribution in [0.3, 0.4) is 0 Å². The number of carbonyl (C=O) groups is 1. The highest BCUT2D eigenvalue weighted by molar-refractivity contribution is 7.99. The Morgan fingerprint density at radius 3 is 1.92 bits per heavy atom. The molecular weight excluding hydrogens is 358 g/mol. The average molecular weight is 380 g/mol. The van der Waals surface area contributed by atoms with Gasteiger partial charge in [-0.3, -0.25) is 4.79 Å². The lowest BCUT2D eigenvalue weighted by molar-refractivity contribution is -0.140. The Balaban J connectivity index is 2.15. The molecule has 0 heterocycles. The molecule has 0 fully saturated rings. The fourth-order valence-corrected chi connectivity index (χ4v) is 4.29. The Hall–Kier alpha value is -1.83. The Morgan fingerprint density at radius 1 is 1.00 bits per heavy atom. The third kappa shape index (κ3) is 5.32. The number of nitrogens with one attached hydrogen (secondary N) is 1. The smallest absolute Gasteiger partial charge is 0.322 e. The number of aryl methyl sites for hydroxylation is 1. The van der Waals surface area contributed by atoms with Crippen molar-refractivity contribution >= 4 is 27.8 Å². The normalized spacial score (nSPS) is 13.0. The van der Waals surface area contributed by atoms with E-state index in [2.05, 4.69) is 4.72 Å². The minimum Gasteiger partial charge on any atom is -0.480 e. The highest BCUT2D eigenvalue weighted by Crippen LogP contribution is 2.28. The second-order valence-electron chi connectivity index (χ2n) is 6.07. The van der Waals surface area contributed by atoms with Crippen LogP contribution in [-0.2, 0) is 14.8 Å². The molecule has 0 saturated carbocycles. The molecule has 2 aromatic carbocycles. The topological polar surface area (TPSA) is 83.5 Å². The minimum absolute atomic E-state index is 0.0488. The molecule has 7 heteroatoms. The molecule has 0 spiro atoms. The molecule has 2 rings (SSSR count). The van der Waals surface area contributed by atoms with Gasteiger partial charge in [0, 0.05) is 9.79 Å². The first-order chi connectivity index (χ1) is 11.7. The molecule has 0 aliphatic carbocycles. The van der Waals surface area contributed by atoms with Gasteiger partial charge in [-0.05, 0) is 49.2 Å². The molecule has 25 heavy (non-hydrogen) atoms. The number of aliphatic carboxylic acids is 1. The standard InChI is InChI=1S/C18H21NO4S2/c1-12(2)17(18(20)21)19-25(22,23)16-10-8-15(9-11-16)24-14-6-4-13(3)5-7-14/h4-12,17,19H,1-3H3,(H,20,21)/t17-/m1/s1. The zero-order chi connectivity index (χ0) is 18.6. The summed E-state index contributed by atoms with van der Waals surface area (Å²) in [6, 6.07) is 13.3. The van der Waals surface area contributed by atoms with Crippen molar-refractivity contribution in [2.24, 2.45) is 5.92 Å². The molecule has 2 N–H and O–H groups in total. The monoisotopic (exact) mass is 379 g/mol. The van der Waals surface area contributed by atoms with E-state index in [0.717, 1.165) is 9.79 Å². The van der Waals surface area contributed by atoms with E-state index in [1.807, 2.05) is 31.2 Å². The summed E-state index contributed by atoms with van der Waals surface area (Å²) in [6.45, 7) is 5.33. The second-order valence-corrected chi connectivity index (χ2v) is 8.93. The summed E-state index contributed by atoms with van der Waals surface area (Å²) in [5, 5.41) is 9.15. The van der Waals surface area contributed by atoms with Crippen molar-refractivity contribution in [3.8, 4) is 0 Å². The number of carboxylic acid groups (broad SMARTS) is 1. The van der Waals surface area contributed by atoms with Crippen molar-refractivity contribution in [2.45, 2.75) is 41.5 Å². The Kier molecular flexibility index (Phi) is 6.26. The van der Waals surface area contributed by atoms with E-state index in [-0.39, 0.29) is 10.8 Å². The van der Waals surface area contributed by atoms with Crippen LogP contribution in [0.15, 0.2) is 63.2 Å². The van der Waals surface area contributed by atoms with Crippen molar-refractivity contribution < 1.29 is 18.3 Å². The fraction of sp³-hybridized carbons (Fsp3) is 0.278. The van der Waals surface area contributed by atoms with Gasteiger partial charge in [-0.15, -0.1) is 0 Å². The van der Waals surface area contributed by atoms with Gasteiger partial charge in [0.25, 0.3) is 0 Å². The average Bonchev–Trinajstić information content (AvgIpc) is 2.55. The summed E-state index contributed by atoms with van der Waals surface area (Å²) in [4.78, 5) is 13.2. The van der Waals surface area contributed by atoms with Gasteiger partial charge < -0.3 is 5.11 Å². The van der Waals surface area contributed by atoms with Crippen LogP contribution in [0.1, 0.15) is 19.4 Å². The van der Waals surface area contributed by atoms with Gasteiger partial charge >= 0.3 is 5.97 Å². The Morgan fingerprint density at radius 2 is 1.48 bits per heavy atom. The zero-order valence-corrected chi connectivity index (χ0v) is 15.9. The first-order valence-electron chi connectivity index (χ1n) is 7.79. The Bertz CT molecular complexity index is 828. The Labute approximate surface area is 152 Å². The molecule has 1 atom stereocenters. The zero-order valence-electron chi connectivity index (χ0n) is 14.3. The van der Waals surface area contributed by atoms with Gasteiger partial charge in [-0.25, -0.2) is 8.42 Å². The van der Waals surface area contributed by atoms with Crippen LogP contribution in [-0.4, -0.2) is 25.5 Å². The maximum absolute atomic E-state index is 12.4. The second kappa shape index (κ2) is 8.03. The highest BCUT2D eigenvalue weighted by Gasteiger charge is 2.27. The number of sulfonamides is 1. The number of hydrogen-bond donors (Lipinski definition) is 2. The van der Waals surface area contributed by atoms with E-state index in [4.69, 9.17) is 5.11 Å². The molecule has 0 unspecified atom stereocenters. The molecule has 2 aromatic rings. The molecule has 134 valence electrons. The molecular formula is C18H21NO4S2. The molecule has 0 bridgehead atoms. The third-order valence-electron chi connectivity index (χ3n) is 3.61. The van der Waals surface area contributed by atoms with Crippen LogP contribution in [0.25, 0.3) is 0 Å². The van der Waals surface area contributed by atoms with Gasteiger partial charge in [0.2, 0.25) is 10.0 Å². The summed E-state index contributed by atoms with van der Waals surface area (Å²) in [5.41, 5.74) is 1.18. The summed E-state index contributed by atoms with van der Waals surface area (Å²) >= 11 is 1.53. The van der Waals surface area contributed by atoms with Crippen molar-refractivity contribution in [1.29, 1.82) is 0 Å². The predicted molar refractivity (Wildman–Crippen MR) is 98.3 cm³/mol. The van der Waals surface area contributed by atoms with E-state index >= 15 is 0 Å². The van der Waals surface area contributed by atoms with Gasteiger partial charge in [0.05, 0.1) is 4.90 Å². The van der Waals surface area contributed by atoms with Gasteiger partial charge in [-0.1, -0.05) is 43.3 Å². The maximum atomic E-state index is 12.4. The van der Waals surface area contributed by atoms with E-state index < -0.39 is 22.0 Å². The van der Waals surface area contributed by atoms with Crippen molar-refractivity contribution in [1.82, 2.24) is 4.72 Å². The van der Waals surface area contributed by atoms with E-state index in [9.17, 15) is 13.2 Å². The first-order valence-corrected chi connectivity index (χ1v) is 10.1. The van der Waals surface area contributed by atoms with Gasteiger partial charge in [0.15, 0.2) is 0 Å². The molecule has 5 nitrogen and oxygen atoms in total. The maximum Gasteiger partial charge on any atom is 0.322 e. The van der Waals surface area contributed by atoms with Crippen LogP contribution in [0, 0.1) is 12.8 Å². The van der Waals surface area contributed by atoms with Gasteiger partial charge in [0.1, 0.15) is 6.04 Å². The van der Waals surface area contributed by atoms with Crippen molar-refractivity contribution in [3.05, 3.63) is 54.1 Å². The summed E-state index contributed by atoms with van der Waals surface area (Å²) in [7, 11) is -3.88. The first kappa shape index (κ1) is 19.5. The number of carboxylic acids is 1. The largest absolute Gasteiger partial charge is 0.480 e. The van der Waals surface area contributed by atoms with Crippen LogP contribution < -0.4 is 4.72 Å². The molecule has 0 aliphatic heterocycles. The van der Waals surface area contributed by atoms with Crippen LogP contribution >= 0.6 is 11.8 Å². The minimum atomic E-state index is -3.88. The fourth-order valence-electron chi connectivity index (χ4n) is 2.14. The van der Waals surface area contributed by atoms with Crippen LogP contribution in [0.4, 0.5) is 0 Å². The lowest BCUT2D eigenvalue weighted by Gasteiger charge is -2.18. The van der Waals surface area contributed by atoms with E-state index in [1.54, 1.807) is 26.0 Å². The molecule has 0 aliphatic rings. The van der Waals surface area contributed by atoms with Crippen molar-refractivity contribution in [3.63, 3.8) is 0 Å². The molecule has 0 amide bonds. The molecule has 0 aromatic heterocycles. The van der Waals surface area contributed by atoms with Crippen molar-refractivity contribution in [2.75, 3.05) is 0 Å². The predicted octanol–water partition coefficient (Wildman–Crippen LogP) is 3.53. The number of benzene rings is 2. The lowest BCUT2D eigenvalue weighted by Crippen LogP contribution is -2.44. The quantitative estimate of drug-likeness (QED) is 0.769. The summed E-state index contributed by atoms with van der Waals surface area (Å²) < 4.78 is 27.0. The van der Waals surface area contributed by atoms with E-state index in [0.29, 0.717) is 0 Å². The van der Waals surface area contributed by atoms with Gasteiger partial charge in [-0.2, -0.15) is 4.72 Å². The summed E-state index contributed by atoms with van der Waals surface area (Å²) in [5.74, 6) is -1.55. The lowest BCUT2D eigenvalue weighted by atomic mass is 10.1. The highest BCUT2D eigenvalue weighted by atomic mass is 32.2. The molecule has 0 radical (unpaired) electrons. The molecule has 0 saturated heterocycles. The van der Waals surface area contributed by atoms with Crippen LogP contribution in [0.2, 0.25) is 0 Å². The summed E-state index contributed by atoms with van der Waals surface area (Å²) in [6.07, 6.45) is 0. The third-order valence-corrected chi connectivity index (χ3v) is 6.08. The number of rotatable bonds is 7. The number of hydrogen-bond acceptors (Lipinski definition) is 4.